The molecule has 0 amide bonds. The van der Waals surface area contributed by atoms with E-state index in [2.05, 4.69) is 10.1 Å². The molecule has 0 aromatic carbocycles. The Morgan fingerprint density at radius 2 is 2.36 bits per heavy atom. The van der Waals surface area contributed by atoms with Gasteiger partial charge in [-0.1, -0.05) is 5.16 Å². The van der Waals surface area contributed by atoms with Gasteiger partial charge in [0.25, 0.3) is 0 Å². The van der Waals surface area contributed by atoms with Gasteiger partial charge in [-0.05, 0) is 6.92 Å². The van der Waals surface area contributed by atoms with Crippen molar-refractivity contribution in [1.29, 1.82) is 0 Å². The Morgan fingerprint density at radius 3 is 3.00 bits per heavy atom. The van der Waals surface area contributed by atoms with Gasteiger partial charge in [-0.25, -0.2) is 4.79 Å². The van der Waals surface area contributed by atoms with Gasteiger partial charge in [-0.2, -0.15) is 0 Å². The number of aryl methyl sites for hydroxylation is 1. The van der Waals surface area contributed by atoms with Crippen LogP contribution in [0.15, 0.2) is 15.5 Å². The van der Waals surface area contributed by atoms with Crippen LogP contribution in [0.4, 0.5) is 0 Å². The number of aromatic carboxylic acids is 1. The lowest BCUT2D eigenvalue weighted by Gasteiger charge is -1.92. The van der Waals surface area contributed by atoms with E-state index >= 15 is 0 Å². The Kier molecular flexibility index (Phi) is 1.63. The molecule has 0 aliphatic carbocycles. The highest BCUT2D eigenvalue weighted by Gasteiger charge is 2.15. The second-order valence-corrected chi connectivity index (χ2v) is 2.80. The first-order valence-corrected chi connectivity index (χ1v) is 3.82. The van der Waals surface area contributed by atoms with Crippen molar-refractivity contribution in [3.05, 3.63) is 27.7 Å². The Morgan fingerprint density at radius 1 is 1.64 bits per heavy atom. The van der Waals surface area contributed by atoms with Gasteiger partial charge < -0.3 is 14.6 Å². The number of nitrogens with one attached hydrogen (secondary N) is 1. The molecule has 0 bridgehead atoms. The lowest BCUT2D eigenvalue weighted by atomic mass is 10.2. The molecule has 72 valence electrons. The number of aromatic nitrogens is 2. The molecular formula is C8H6N2O4. The van der Waals surface area contributed by atoms with Crippen molar-refractivity contribution in [2.45, 2.75) is 6.92 Å². The van der Waals surface area contributed by atoms with Crippen molar-refractivity contribution < 1.29 is 14.4 Å². The molecule has 14 heavy (non-hydrogen) atoms. The molecule has 0 aliphatic rings. The number of rotatable bonds is 1. The van der Waals surface area contributed by atoms with E-state index in [1.54, 1.807) is 6.92 Å². The predicted molar refractivity (Wildman–Crippen MR) is 46.3 cm³/mol. The number of nitrogens with zero attached hydrogens (tertiary/aromatic N) is 1. The first-order chi connectivity index (χ1) is 6.61. The van der Waals surface area contributed by atoms with Crippen LogP contribution in [0.3, 0.4) is 0 Å². The molecule has 0 aliphatic heterocycles. The zero-order chi connectivity index (χ0) is 10.3. The van der Waals surface area contributed by atoms with Crippen LogP contribution >= 0.6 is 0 Å². The number of hydrogen-bond donors (Lipinski definition) is 2. The summed E-state index contributed by atoms with van der Waals surface area (Å²) in [5, 5.41) is 12.4. The molecular weight excluding hydrogens is 188 g/mol. The average molecular weight is 194 g/mol. The molecule has 0 atom stereocenters. The highest BCUT2D eigenvalue weighted by molar-refractivity contribution is 5.91. The number of pyridine rings is 1. The Hall–Kier alpha value is -2.11. The quantitative estimate of drug-likeness (QED) is 0.689. The minimum Gasteiger partial charge on any atom is -0.477 e. The molecule has 0 unspecified atom stereocenters. The number of H-pyrrole nitrogens is 1. The highest BCUT2D eigenvalue weighted by atomic mass is 16.5. The third-order valence-corrected chi connectivity index (χ3v) is 1.92. The zero-order valence-corrected chi connectivity index (χ0v) is 7.20. The molecule has 2 N–H and O–H groups in total. The van der Waals surface area contributed by atoms with Gasteiger partial charge in [-0.3, -0.25) is 4.79 Å². The second kappa shape index (κ2) is 2.69. The largest absolute Gasteiger partial charge is 0.477 e. The van der Waals surface area contributed by atoms with Gasteiger partial charge in [0.15, 0.2) is 5.65 Å². The van der Waals surface area contributed by atoms with E-state index in [9.17, 15) is 9.59 Å². The molecule has 0 saturated carbocycles. The van der Waals surface area contributed by atoms with Crippen LogP contribution in [-0.4, -0.2) is 21.2 Å². The van der Waals surface area contributed by atoms with E-state index in [0.717, 1.165) is 6.20 Å². The van der Waals surface area contributed by atoms with Crippen LogP contribution in [0.2, 0.25) is 0 Å². The molecule has 6 heteroatoms. The molecule has 2 aromatic heterocycles. The molecule has 0 fully saturated rings. The van der Waals surface area contributed by atoms with Crippen LogP contribution in [0, 0.1) is 6.92 Å². The summed E-state index contributed by atoms with van der Waals surface area (Å²) in [5.41, 5.74) is -0.633. The van der Waals surface area contributed by atoms with Crippen molar-refractivity contribution in [3.63, 3.8) is 0 Å². The van der Waals surface area contributed by atoms with Crippen molar-refractivity contribution in [2.75, 3.05) is 0 Å². The highest BCUT2D eigenvalue weighted by Crippen LogP contribution is 2.10. The number of fused-ring (bicyclic) bond motifs is 1. The third-order valence-electron chi connectivity index (χ3n) is 1.92. The standard InChI is InChI=1S/C8H6N2O4/c1-3-5-6(11)4(8(12)13)2-9-7(5)10-14-3/h2H,1H3,(H,9,10)(H,12,13). The van der Waals surface area contributed by atoms with Crippen LogP contribution in [-0.2, 0) is 0 Å². The van der Waals surface area contributed by atoms with E-state index in [1.165, 1.54) is 0 Å². The maximum absolute atomic E-state index is 11.6. The Bertz CT molecular complexity index is 566. The summed E-state index contributed by atoms with van der Waals surface area (Å²) in [6, 6.07) is 0. The monoisotopic (exact) mass is 194 g/mol. The van der Waals surface area contributed by atoms with E-state index in [1.807, 2.05) is 0 Å². The summed E-state index contributed by atoms with van der Waals surface area (Å²) < 4.78 is 4.76. The second-order valence-electron chi connectivity index (χ2n) is 2.80. The van der Waals surface area contributed by atoms with Crippen LogP contribution in [0.1, 0.15) is 16.1 Å². The van der Waals surface area contributed by atoms with E-state index < -0.39 is 11.4 Å². The normalized spacial score (nSPS) is 10.6. The molecule has 0 radical (unpaired) electrons. The van der Waals surface area contributed by atoms with E-state index in [4.69, 9.17) is 9.63 Å². The van der Waals surface area contributed by atoms with E-state index in [-0.39, 0.29) is 16.6 Å². The van der Waals surface area contributed by atoms with Crippen molar-refractivity contribution in [3.8, 4) is 0 Å². The lowest BCUT2D eigenvalue weighted by molar-refractivity contribution is 0.0695. The van der Waals surface area contributed by atoms with Crippen molar-refractivity contribution in [2.24, 2.45) is 0 Å². The smallest absolute Gasteiger partial charge is 0.341 e. The Balaban J connectivity index is 2.93. The number of hydrogen-bond acceptors (Lipinski definition) is 4. The molecule has 6 nitrogen and oxygen atoms in total. The average Bonchev–Trinajstić information content (AvgIpc) is 2.48. The third kappa shape index (κ3) is 1.00. The first kappa shape index (κ1) is 8.49. The summed E-state index contributed by atoms with van der Waals surface area (Å²) in [5.74, 6) is -0.960. The summed E-state index contributed by atoms with van der Waals surface area (Å²) >= 11 is 0. The Labute approximate surface area is 77.1 Å². The van der Waals surface area contributed by atoms with Crippen molar-refractivity contribution >= 4 is 17.0 Å². The minimum absolute atomic E-state index is 0.185. The maximum Gasteiger partial charge on any atom is 0.341 e. The van der Waals surface area contributed by atoms with Gasteiger partial charge in [0.2, 0.25) is 5.43 Å². The number of aromatic amines is 1. The zero-order valence-electron chi connectivity index (χ0n) is 7.20. The number of carboxylic acids is 1. The first-order valence-electron chi connectivity index (χ1n) is 3.82. The van der Waals surface area contributed by atoms with Gasteiger partial charge in [0, 0.05) is 6.20 Å². The van der Waals surface area contributed by atoms with Gasteiger partial charge in [0.1, 0.15) is 16.7 Å². The number of carboxylic acid groups (broad SMARTS) is 1. The van der Waals surface area contributed by atoms with Gasteiger partial charge in [0.05, 0.1) is 0 Å². The maximum atomic E-state index is 11.6. The van der Waals surface area contributed by atoms with Crippen LogP contribution in [0.25, 0.3) is 11.0 Å². The van der Waals surface area contributed by atoms with Crippen LogP contribution in [0.5, 0.6) is 0 Å². The molecule has 0 spiro atoms. The summed E-state index contributed by atoms with van der Waals surface area (Å²) in [7, 11) is 0. The predicted octanol–water partition coefficient (Wildman–Crippen LogP) is 0.523. The van der Waals surface area contributed by atoms with Gasteiger partial charge in [-0.15, -0.1) is 0 Å². The van der Waals surface area contributed by atoms with E-state index in [0.29, 0.717) is 5.76 Å². The topological polar surface area (TPSA) is 96.2 Å². The van der Waals surface area contributed by atoms with Crippen LogP contribution < -0.4 is 5.43 Å². The molecule has 0 saturated heterocycles. The molecule has 2 rings (SSSR count). The summed E-state index contributed by atoms with van der Waals surface area (Å²) in [6.45, 7) is 1.55. The summed E-state index contributed by atoms with van der Waals surface area (Å²) in [4.78, 5) is 24.8. The fraction of sp³-hybridized carbons (Fsp3) is 0.125. The van der Waals surface area contributed by atoms with Gasteiger partial charge >= 0.3 is 5.97 Å². The minimum atomic E-state index is -1.27. The molecule has 2 heterocycles. The summed E-state index contributed by atoms with van der Waals surface area (Å²) in [6.07, 6.45) is 1.11. The van der Waals surface area contributed by atoms with Crippen molar-refractivity contribution in [1.82, 2.24) is 10.1 Å². The number of carbonyl (C=O) groups is 1. The molecule has 2 aromatic rings. The lowest BCUT2D eigenvalue weighted by Crippen LogP contribution is -2.15. The fourth-order valence-electron chi connectivity index (χ4n) is 1.24. The fourth-order valence-corrected chi connectivity index (χ4v) is 1.24. The SMILES string of the molecule is Cc1onc2[nH]cc(C(=O)O)c(=O)c12.